The molecule has 1 aliphatic rings. The van der Waals surface area contributed by atoms with Gasteiger partial charge in [0.2, 0.25) is 0 Å². The van der Waals surface area contributed by atoms with E-state index in [-0.39, 0.29) is 5.41 Å². The summed E-state index contributed by atoms with van der Waals surface area (Å²) in [6.07, 6.45) is 6.87. The molecule has 116 valence electrons. The molecule has 0 amide bonds. The molecule has 1 N–H and O–H groups in total. The van der Waals surface area contributed by atoms with Gasteiger partial charge in [0, 0.05) is 35.3 Å². The second-order valence-electron chi connectivity index (χ2n) is 7.14. The molecule has 1 unspecified atom stereocenters. The third kappa shape index (κ3) is 2.96. The van der Waals surface area contributed by atoms with Gasteiger partial charge in [0.1, 0.15) is 5.82 Å². The summed E-state index contributed by atoms with van der Waals surface area (Å²) in [6, 6.07) is 4.28. The number of fused-ring (bicyclic) bond motifs is 1. The predicted octanol–water partition coefficient (Wildman–Crippen LogP) is 3.87. The van der Waals surface area contributed by atoms with Gasteiger partial charge in [-0.2, -0.15) is 0 Å². The topological polar surface area (TPSA) is 50.7 Å². The Kier molecular flexibility index (Phi) is 3.85. The van der Waals surface area contributed by atoms with Crippen LogP contribution in [0.5, 0.6) is 0 Å². The van der Waals surface area contributed by atoms with Crippen LogP contribution in [0.1, 0.15) is 45.4 Å². The van der Waals surface area contributed by atoms with Crippen LogP contribution in [0, 0.1) is 5.41 Å². The van der Waals surface area contributed by atoms with Gasteiger partial charge in [0.15, 0.2) is 5.82 Å². The fourth-order valence-electron chi connectivity index (χ4n) is 2.60. The Balaban J connectivity index is 2.00. The van der Waals surface area contributed by atoms with Gasteiger partial charge in [-0.15, -0.1) is 0 Å². The zero-order chi connectivity index (χ0) is 15.7. The molecule has 0 aromatic carbocycles. The van der Waals surface area contributed by atoms with Gasteiger partial charge < -0.3 is 5.32 Å². The number of pyridine rings is 1. The van der Waals surface area contributed by atoms with E-state index in [9.17, 15) is 0 Å². The van der Waals surface area contributed by atoms with E-state index in [0.717, 1.165) is 30.0 Å². The average Bonchev–Trinajstić information content (AvgIpc) is 2.95. The van der Waals surface area contributed by atoms with Crippen molar-refractivity contribution in [2.75, 3.05) is 5.32 Å². The summed E-state index contributed by atoms with van der Waals surface area (Å²) in [6.45, 7) is 8.96. The monoisotopic (exact) mass is 296 g/mol. The Morgan fingerprint density at radius 2 is 1.82 bits per heavy atom. The van der Waals surface area contributed by atoms with E-state index in [2.05, 4.69) is 38.0 Å². The number of rotatable bonds is 3. The quantitative estimate of drug-likeness (QED) is 0.934. The maximum Gasteiger partial charge on any atom is 0.161 e. The Bertz CT molecular complexity index is 659. The van der Waals surface area contributed by atoms with E-state index in [1.54, 1.807) is 12.4 Å². The van der Waals surface area contributed by atoms with Gasteiger partial charge in [0.05, 0.1) is 0 Å². The summed E-state index contributed by atoms with van der Waals surface area (Å²) in [5.74, 6) is 1.81. The van der Waals surface area contributed by atoms with Crippen LogP contribution in [0.4, 0.5) is 5.82 Å². The molecule has 22 heavy (non-hydrogen) atoms. The van der Waals surface area contributed by atoms with Gasteiger partial charge in [-0.05, 0) is 43.7 Å². The highest BCUT2D eigenvalue weighted by Crippen LogP contribution is 2.31. The number of aryl methyl sites for hydroxylation is 1. The number of hydrogen-bond acceptors (Lipinski definition) is 4. The normalized spacial score (nSPS) is 15.5. The zero-order valence-corrected chi connectivity index (χ0v) is 13.8. The molecule has 2 aromatic rings. The second kappa shape index (κ2) is 5.67. The molecule has 2 aromatic heterocycles. The van der Waals surface area contributed by atoms with Crippen molar-refractivity contribution < 1.29 is 0 Å². The number of hydrogen-bond donors (Lipinski definition) is 1. The molecule has 2 heterocycles. The minimum Gasteiger partial charge on any atom is -0.367 e. The summed E-state index contributed by atoms with van der Waals surface area (Å²) >= 11 is 0. The Labute approximate surface area is 132 Å². The fourth-order valence-corrected chi connectivity index (χ4v) is 2.60. The number of nitrogens with one attached hydrogen (secondary N) is 1. The molecule has 4 nitrogen and oxygen atoms in total. The third-order valence-electron chi connectivity index (χ3n) is 4.52. The third-order valence-corrected chi connectivity index (χ3v) is 4.52. The van der Waals surface area contributed by atoms with E-state index in [1.807, 2.05) is 12.1 Å². The first-order valence-electron chi connectivity index (χ1n) is 8.02. The van der Waals surface area contributed by atoms with Gasteiger partial charge in [-0.3, -0.25) is 4.98 Å². The minimum atomic E-state index is 0.188. The summed E-state index contributed by atoms with van der Waals surface area (Å²) < 4.78 is 0. The molecule has 0 bridgehead atoms. The van der Waals surface area contributed by atoms with Crippen LogP contribution in [0.3, 0.4) is 0 Å². The van der Waals surface area contributed by atoms with Crippen LogP contribution in [0.2, 0.25) is 0 Å². The van der Waals surface area contributed by atoms with Crippen molar-refractivity contribution in [3.63, 3.8) is 0 Å². The van der Waals surface area contributed by atoms with Crippen LogP contribution in [-0.4, -0.2) is 21.0 Å². The van der Waals surface area contributed by atoms with Crippen molar-refractivity contribution in [3.8, 4) is 11.4 Å². The first-order chi connectivity index (χ1) is 10.4. The zero-order valence-electron chi connectivity index (χ0n) is 13.8. The smallest absolute Gasteiger partial charge is 0.161 e. The molecular formula is C18H24N4. The van der Waals surface area contributed by atoms with Gasteiger partial charge in [0.25, 0.3) is 0 Å². The largest absolute Gasteiger partial charge is 0.367 e. The lowest BCUT2D eigenvalue weighted by molar-refractivity contribution is 0.358. The van der Waals surface area contributed by atoms with Crippen LogP contribution >= 0.6 is 0 Å². The lowest BCUT2D eigenvalue weighted by Crippen LogP contribution is -2.31. The highest BCUT2D eigenvalue weighted by molar-refractivity contribution is 5.60. The number of nitrogens with zero attached hydrogens (tertiary/aromatic N) is 3. The predicted molar refractivity (Wildman–Crippen MR) is 89.8 cm³/mol. The molecule has 0 fully saturated rings. The Morgan fingerprint density at radius 1 is 1.09 bits per heavy atom. The lowest BCUT2D eigenvalue weighted by atomic mass is 9.88. The second-order valence-corrected chi connectivity index (χ2v) is 7.14. The summed E-state index contributed by atoms with van der Waals surface area (Å²) in [7, 11) is 0. The van der Waals surface area contributed by atoms with Crippen molar-refractivity contribution in [1.29, 1.82) is 0 Å². The van der Waals surface area contributed by atoms with Gasteiger partial charge in [-0.25, -0.2) is 9.97 Å². The Hall–Kier alpha value is -1.97. The molecule has 0 spiro atoms. The summed E-state index contributed by atoms with van der Waals surface area (Å²) in [5.41, 5.74) is 3.71. The first-order valence-corrected chi connectivity index (χ1v) is 8.02. The van der Waals surface area contributed by atoms with Gasteiger partial charge in [-0.1, -0.05) is 20.8 Å². The summed E-state index contributed by atoms with van der Waals surface area (Å²) in [4.78, 5) is 13.7. The molecule has 0 radical (unpaired) electrons. The molecule has 4 heteroatoms. The molecule has 0 aliphatic heterocycles. The molecule has 1 atom stereocenters. The maximum absolute atomic E-state index is 4.82. The van der Waals surface area contributed by atoms with Crippen molar-refractivity contribution in [3.05, 3.63) is 35.8 Å². The van der Waals surface area contributed by atoms with Crippen LogP contribution in [0.25, 0.3) is 11.4 Å². The van der Waals surface area contributed by atoms with Crippen molar-refractivity contribution in [1.82, 2.24) is 15.0 Å². The van der Waals surface area contributed by atoms with Crippen molar-refractivity contribution in [2.45, 2.75) is 53.0 Å². The molecule has 0 saturated carbocycles. The lowest BCUT2D eigenvalue weighted by Gasteiger charge is -2.29. The molecule has 1 aliphatic carbocycles. The fraction of sp³-hybridized carbons (Fsp3) is 0.500. The highest BCUT2D eigenvalue weighted by atomic mass is 15.1. The van der Waals surface area contributed by atoms with E-state index in [1.165, 1.54) is 17.7 Å². The summed E-state index contributed by atoms with van der Waals surface area (Å²) in [5, 5.41) is 3.63. The molecule has 0 saturated heterocycles. The van der Waals surface area contributed by atoms with Crippen LogP contribution < -0.4 is 5.32 Å². The van der Waals surface area contributed by atoms with E-state index >= 15 is 0 Å². The minimum absolute atomic E-state index is 0.188. The van der Waals surface area contributed by atoms with Crippen LogP contribution in [0.15, 0.2) is 24.5 Å². The first kappa shape index (κ1) is 14.9. The number of anilines is 1. The van der Waals surface area contributed by atoms with Crippen molar-refractivity contribution >= 4 is 5.82 Å². The molecule has 3 rings (SSSR count). The number of aromatic nitrogens is 3. The SMILES string of the molecule is CC(Nc1nc(-c2ccncc2)nc2c1CCC2)C(C)(C)C. The van der Waals surface area contributed by atoms with E-state index in [0.29, 0.717) is 6.04 Å². The van der Waals surface area contributed by atoms with Crippen LogP contribution in [-0.2, 0) is 12.8 Å². The van der Waals surface area contributed by atoms with E-state index < -0.39 is 0 Å². The highest BCUT2D eigenvalue weighted by Gasteiger charge is 2.25. The van der Waals surface area contributed by atoms with E-state index in [4.69, 9.17) is 9.97 Å². The Morgan fingerprint density at radius 3 is 2.50 bits per heavy atom. The van der Waals surface area contributed by atoms with Crippen molar-refractivity contribution in [2.24, 2.45) is 5.41 Å². The van der Waals surface area contributed by atoms with Gasteiger partial charge >= 0.3 is 0 Å². The molecular weight excluding hydrogens is 272 g/mol. The standard InChI is InChI=1S/C18H24N4/c1-12(18(2,3)4)20-17-14-6-5-7-15(14)21-16(22-17)13-8-10-19-11-9-13/h8-12H,5-7H2,1-4H3,(H,20,21,22). The maximum atomic E-state index is 4.82. The average molecular weight is 296 g/mol.